The van der Waals surface area contributed by atoms with Gasteiger partial charge in [0.2, 0.25) is 8.08 Å². The minimum Gasteiger partial charge on any atom is -0.421 e. The van der Waals surface area contributed by atoms with E-state index in [0.29, 0.717) is 5.58 Å². The van der Waals surface area contributed by atoms with E-state index >= 15 is 4.20 Å². The second-order valence-electron chi connectivity index (χ2n) is 14.0. The Labute approximate surface area is 207 Å². The summed E-state index contributed by atoms with van der Waals surface area (Å²) < 4.78 is 21.6. The Morgan fingerprint density at radius 2 is 1.24 bits per heavy atom. The van der Waals surface area contributed by atoms with Crippen LogP contribution >= 0.6 is 8.08 Å². The molecular formula is C31H44FOP. The highest BCUT2D eigenvalue weighted by molar-refractivity contribution is 7.37. The lowest BCUT2D eigenvalue weighted by atomic mass is 9.73. The minimum atomic E-state index is -2.25. The quantitative estimate of drug-likeness (QED) is 0.310. The van der Waals surface area contributed by atoms with E-state index in [1.54, 1.807) is 5.80 Å². The number of fused-ring (bicyclic) bond motifs is 2. The molecule has 1 aromatic heterocycles. The van der Waals surface area contributed by atoms with Crippen molar-refractivity contribution in [1.82, 2.24) is 0 Å². The van der Waals surface area contributed by atoms with Gasteiger partial charge in [-0.15, -0.1) is 0 Å². The molecule has 186 valence electrons. The maximum absolute atomic E-state index is 15.6. The van der Waals surface area contributed by atoms with Crippen molar-refractivity contribution in [3.05, 3.63) is 57.9 Å². The number of halogens is 1. The lowest BCUT2D eigenvalue weighted by Gasteiger charge is -2.32. The molecule has 1 heterocycles. The maximum atomic E-state index is 15.6. The van der Waals surface area contributed by atoms with E-state index in [1.165, 1.54) is 22.3 Å². The summed E-state index contributed by atoms with van der Waals surface area (Å²) in [5.74, 6) is 1.73. The maximum Gasteiger partial charge on any atom is 0.231 e. The Bertz CT molecular complexity index is 1290. The van der Waals surface area contributed by atoms with Crippen LogP contribution in [0, 0.1) is 6.92 Å². The predicted molar refractivity (Wildman–Crippen MR) is 150 cm³/mol. The fourth-order valence-electron chi connectivity index (χ4n) is 4.95. The highest BCUT2D eigenvalue weighted by atomic mass is 31.1. The molecule has 3 aromatic rings. The van der Waals surface area contributed by atoms with Crippen LogP contribution in [0.15, 0.2) is 34.3 Å². The topological polar surface area (TPSA) is 13.1 Å². The van der Waals surface area contributed by atoms with Gasteiger partial charge in [0.1, 0.15) is 5.58 Å². The fraction of sp³-hybridized carbons (Fsp3) is 0.548. The van der Waals surface area contributed by atoms with Crippen LogP contribution in [0.25, 0.3) is 21.7 Å². The lowest BCUT2D eigenvalue weighted by Crippen LogP contribution is -2.22. The van der Waals surface area contributed by atoms with Gasteiger partial charge in [-0.2, -0.15) is 4.20 Å². The van der Waals surface area contributed by atoms with Gasteiger partial charge in [-0.3, -0.25) is 0 Å². The van der Waals surface area contributed by atoms with Gasteiger partial charge in [-0.05, 0) is 73.2 Å². The van der Waals surface area contributed by atoms with E-state index in [-0.39, 0.29) is 21.7 Å². The average molecular weight is 483 g/mol. The first-order valence-electron chi connectivity index (χ1n) is 12.4. The van der Waals surface area contributed by atoms with Crippen LogP contribution in [0.2, 0.25) is 0 Å². The molecule has 0 amide bonds. The van der Waals surface area contributed by atoms with Crippen LogP contribution in [0.5, 0.6) is 0 Å². The Balaban J connectivity index is 2.78. The van der Waals surface area contributed by atoms with E-state index in [4.69, 9.17) is 4.20 Å². The van der Waals surface area contributed by atoms with Crippen molar-refractivity contribution < 1.29 is 8.39 Å². The van der Waals surface area contributed by atoms with Gasteiger partial charge in [-0.25, -0.2) is 0 Å². The molecule has 0 fully saturated rings. The molecular weight excluding hydrogens is 438 g/mol. The second kappa shape index (κ2) is 8.41. The van der Waals surface area contributed by atoms with Crippen molar-refractivity contribution in [2.75, 3.05) is 0 Å². The first-order valence-corrected chi connectivity index (χ1v) is 13.6. The molecule has 0 saturated heterocycles. The smallest absolute Gasteiger partial charge is 0.231 e. The van der Waals surface area contributed by atoms with Crippen LogP contribution in [0.4, 0.5) is 4.20 Å². The van der Waals surface area contributed by atoms with Gasteiger partial charge in [0.05, 0.1) is 0 Å². The highest BCUT2D eigenvalue weighted by Crippen LogP contribution is 2.45. The predicted octanol–water partition coefficient (Wildman–Crippen LogP) is 10.9. The lowest BCUT2D eigenvalue weighted by molar-refractivity contribution is 0.533. The number of hydrogen-bond acceptors (Lipinski definition) is 1. The van der Waals surface area contributed by atoms with Gasteiger partial charge in [0.15, 0.2) is 0 Å². The summed E-state index contributed by atoms with van der Waals surface area (Å²) in [7, 11) is -2.25. The van der Waals surface area contributed by atoms with Gasteiger partial charge >= 0.3 is 0 Å². The molecule has 1 unspecified atom stereocenters. The Morgan fingerprint density at radius 1 is 0.676 bits per heavy atom. The van der Waals surface area contributed by atoms with E-state index < -0.39 is 8.08 Å². The Morgan fingerprint density at radius 3 is 1.71 bits per heavy atom. The molecule has 0 bridgehead atoms. The molecule has 0 N–H and O–H groups in total. The monoisotopic (exact) mass is 482 g/mol. The van der Waals surface area contributed by atoms with Crippen molar-refractivity contribution in [1.29, 1.82) is 0 Å². The van der Waals surface area contributed by atoms with Crippen LogP contribution < -0.4 is 0 Å². The van der Waals surface area contributed by atoms with Crippen LogP contribution in [0.1, 0.15) is 111 Å². The van der Waals surface area contributed by atoms with Crippen molar-refractivity contribution in [3.63, 3.8) is 0 Å². The molecule has 0 aliphatic rings. The summed E-state index contributed by atoms with van der Waals surface area (Å²) in [4.78, 5) is 0. The number of hydrogen-bond donors (Lipinski definition) is 0. The SMILES string of the molecule is Cc1c2cc(C(C)(C)C)cc(C(C)(C)C)c2cp(F)oc2ccc(C(C)(C)C)c(C(C)(C)C)c12. The molecule has 0 aliphatic heterocycles. The normalized spacial score (nSPS) is 14.1. The van der Waals surface area contributed by atoms with Gasteiger partial charge in [-0.1, -0.05) is 101 Å². The van der Waals surface area contributed by atoms with Crippen molar-refractivity contribution in [2.45, 2.75) is 112 Å². The number of rotatable bonds is 0. The van der Waals surface area contributed by atoms with E-state index in [9.17, 15) is 0 Å². The largest absolute Gasteiger partial charge is 0.421 e. The van der Waals surface area contributed by atoms with Crippen LogP contribution in [-0.2, 0) is 21.7 Å². The molecule has 1 nitrogen and oxygen atoms in total. The third-order valence-corrected chi connectivity index (χ3v) is 7.61. The molecule has 34 heavy (non-hydrogen) atoms. The summed E-state index contributed by atoms with van der Waals surface area (Å²) in [6.45, 7) is 29.1. The zero-order valence-corrected chi connectivity index (χ0v) is 24.5. The van der Waals surface area contributed by atoms with Crippen LogP contribution in [0.3, 0.4) is 0 Å². The fourth-order valence-corrected chi connectivity index (χ4v) is 5.82. The first kappa shape index (κ1) is 26.8. The zero-order valence-electron chi connectivity index (χ0n) is 23.6. The Hall–Kier alpha value is -1.79. The van der Waals surface area contributed by atoms with Gasteiger partial charge in [0.25, 0.3) is 0 Å². The molecule has 0 radical (unpaired) electrons. The average Bonchev–Trinajstić information content (AvgIpc) is 2.62. The third kappa shape index (κ3) is 5.08. The number of aryl methyl sites for hydroxylation is 1. The highest BCUT2D eigenvalue weighted by Gasteiger charge is 2.29. The van der Waals surface area contributed by atoms with E-state index in [0.717, 1.165) is 21.7 Å². The van der Waals surface area contributed by atoms with E-state index in [2.05, 4.69) is 108 Å². The first-order chi connectivity index (χ1) is 15.2. The van der Waals surface area contributed by atoms with Crippen LogP contribution in [-0.4, -0.2) is 0 Å². The number of benzene rings is 2. The zero-order chi connectivity index (χ0) is 26.0. The second-order valence-corrected chi connectivity index (χ2v) is 14.9. The third-order valence-electron chi connectivity index (χ3n) is 6.77. The molecule has 1 atom stereocenters. The van der Waals surface area contributed by atoms with Crippen molar-refractivity contribution in [3.8, 4) is 0 Å². The molecule has 0 saturated carbocycles. The summed E-state index contributed by atoms with van der Waals surface area (Å²) in [6.07, 6.45) is 0. The van der Waals surface area contributed by atoms with Crippen molar-refractivity contribution in [2.24, 2.45) is 0 Å². The van der Waals surface area contributed by atoms with E-state index in [1.807, 2.05) is 6.07 Å². The minimum absolute atomic E-state index is 0.0163. The molecule has 0 spiro atoms. The Kier molecular flexibility index (Phi) is 6.63. The molecule has 3 rings (SSSR count). The van der Waals surface area contributed by atoms with Gasteiger partial charge in [0, 0.05) is 11.2 Å². The summed E-state index contributed by atoms with van der Waals surface area (Å²) >= 11 is 0. The standard InChI is InChI=1S/C31H44FOP/c1-19-21-16-20(28(2,3)4)17-24(30(8,9)10)22(21)18-34(32)33-25-15-14-23(29(5,6)7)27(26(19)25)31(11,12)13/h14-18H,1-13H3. The van der Waals surface area contributed by atoms with Crippen molar-refractivity contribution >= 4 is 29.8 Å². The summed E-state index contributed by atoms with van der Waals surface area (Å²) in [5, 5.41) is 3.17. The summed E-state index contributed by atoms with van der Waals surface area (Å²) in [6, 6.07) is 8.71. The molecule has 2 aromatic carbocycles. The molecule has 0 aliphatic carbocycles. The van der Waals surface area contributed by atoms with Gasteiger partial charge < -0.3 is 4.20 Å². The molecule has 3 heteroatoms. The summed E-state index contributed by atoms with van der Waals surface area (Å²) in [5.41, 5.74) is 6.51.